The van der Waals surface area contributed by atoms with Crippen molar-refractivity contribution in [2.24, 2.45) is 0 Å². The van der Waals surface area contributed by atoms with Gasteiger partial charge in [-0.1, -0.05) is 54.6 Å². The number of aromatic nitrogens is 5. The molecule has 3 amide bonds. The molecular weight excluding hydrogens is 721 g/mol. The number of imidazole rings is 2. The Hall–Kier alpha value is -6.50. The van der Waals surface area contributed by atoms with E-state index in [2.05, 4.69) is 44.5 Å². The summed E-state index contributed by atoms with van der Waals surface area (Å²) in [5, 5.41) is 3.74. The molecule has 3 atom stereocenters. The van der Waals surface area contributed by atoms with Gasteiger partial charge in [-0.2, -0.15) is 0 Å². The summed E-state index contributed by atoms with van der Waals surface area (Å²) in [6.07, 6.45) is 6.20. The van der Waals surface area contributed by atoms with E-state index in [1.54, 1.807) is 11.1 Å². The standard InChI is InChI=1S/C44H44N8O5/c1-44(2,3)57-43(55)51-20-6-9-36(51)39-45-24-35(49-39)29-16-18-32-28(21-29)15-17-31(47-32)25-10-12-26(13-11-25)34-23-46-40(48-34)37-22-30-8-5-7-27-14-19-33(50-42(54)56-4)41(53)52(37)38(27)30/h5,7-8,10-13,15-18,21,23-24,33,36-37H,6,9,14,19-20,22H2,1-4H3,(H,45,49)(H,46,48)(H,50,54)/t33-,36-,37-/m0/s1. The average molecular weight is 765 g/mol. The minimum Gasteiger partial charge on any atom is -0.453 e. The van der Waals surface area contributed by atoms with Crippen LogP contribution >= 0.6 is 0 Å². The first-order valence-corrected chi connectivity index (χ1v) is 19.4. The molecule has 3 N–H and O–H groups in total. The zero-order valence-electron chi connectivity index (χ0n) is 32.3. The first-order chi connectivity index (χ1) is 27.5. The lowest BCUT2D eigenvalue weighted by molar-refractivity contribution is -0.121. The number of benzene rings is 3. The number of amides is 3. The number of methoxy groups -OCH3 is 1. The Morgan fingerprint density at radius 1 is 0.842 bits per heavy atom. The monoisotopic (exact) mass is 764 g/mol. The summed E-state index contributed by atoms with van der Waals surface area (Å²) in [6, 6.07) is 23.4. The molecule has 0 unspecified atom stereocenters. The summed E-state index contributed by atoms with van der Waals surface area (Å²) in [5.41, 5.74) is 8.91. The lowest BCUT2D eigenvalue weighted by Gasteiger charge is -2.27. The van der Waals surface area contributed by atoms with Crippen molar-refractivity contribution >= 4 is 34.7 Å². The van der Waals surface area contributed by atoms with Crippen LogP contribution in [0.2, 0.25) is 0 Å². The highest BCUT2D eigenvalue weighted by atomic mass is 16.6. The molecule has 3 aliphatic rings. The van der Waals surface area contributed by atoms with Crippen molar-refractivity contribution in [3.63, 3.8) is 0 Å². The van der Waals surface area contributed by atoms with E-state index in [9.17, 15) is 14.4 Å². The van der Waals surface area contributed by atoms with Crippen LogP contribution in [0.5, 0.6) is 0 Å². The number of fused-ring (bicyclic) bond motifs is 1. The lowest BCUT2D eigenvalue weighted by Crippen LogP contribution is -2.48. The number of H-pyrrole nitrogens is 2. The smallest absolute Gasteiger partial charge is 0.410 e. The Kier molecular flexibility index (Phi) is 9.02. The summed E-state index contributed by atoms with van der Waals surface area (Å²) in [4.78, 5) is 63.8. The number of hydrogen-bond acceptors (Lipinski definition) is 8. The lowest BCUT2D eigenvalue weighted by atomic mass is 10.0. The van der Waals surface area contributed by atoms with Crippen molar-refractivity contribution in [3.8, 4) is 33.8 Å². The first-order valence-electron chi connectivity index (χ1n) is 19.4. The Balaban J connectivity index is 0.906. The van der Waals surface area contributed by atoms with Crippen molar-refractivity contribution in [1.82, 2.24) is 35.1 Å². The number of likely N-dealkylation sites (tertiary alicyclic amines) is 1. The summed E-state index contributed by atoms with van der Waals surface area (Å²) in [5.74, 6) is 1.28. The van der Waals surface area contributed by atoms with Gasteiger partial charge >= 0.3 is 12.2 Å². The molecule has 1 saturated heterocycles. The third kappa shape index (κ3) is 6.87. The zero-order valence-corrected chi connectivity index (χ0v) is 32.3. The second-order valence-electron chi connectivity index (χ2n) is 16.0. The maximum Gasteiger partial charge on any atom is 0.410 e. The molecule has 290 valence electrons. The van der Waals surface area contributed by atoms with Gasteiger partial charge in [0.25, 0.3) is 0 Å². The van der Waals surface area contributed by atoms with Crippen molar-refractivity contribution in [1.29, 1.82) is 0 Å². The number of hydrogen-bond donors (Lipinski definition) is 3. The molecule has 9 rings (SSSR count). The van der Waals surface area contributed by atoms with Crippen LogP contribution in [0.25, 0.3) is 44.7 Å². The molecule has 0 spiro atoms. The van der Waals surface area contributed by atoms with Crippen LogP contribution in [0.1, 0.15) is 74.9 Å². The number of rotatable bonds is 6. The number of nitrogens with zero attached hydrogens (tertiary/aromatic N) is 5. The third-order valence-electron chi connectivity index (χ3n) is 11.1. The van der Waals surface area contributed by atoms with Gasteiger partial charge in [0, 0.05) is 29.5 Å². The first kappa shape index (κ1) is 36.2. The molecule has 3 aromatic heterocycles. The van der Waals surface area contributed by atoms with Gasteiger partial charge in [0.05, 0.1) is 59.9 Å². The number of ether oxygens (including phenoxy) is 2. The third-order valence-corrected chi connectivity index (χ3v) is 11.1. The van der Waals surface area contributed by atoms with Crippen LogP contribution in [0.15, 0.2) is 85.2 Å². The highest BCUT2D eigenvalue weighted by Crippen LogP contribution is 2.44. The minimum absolute atomic E-state index is 0.148. The summed E-state index contributed by atoms with van der Waals surface area (Å²) in [7, 11) is 1.30. The Morgan fingerprint density at radius 3 is 2.30 bits per heavy atom. The molecule has 1 fully saturated rings. The molecule has 0 aliphatic carbocycles. The molecule has 0 bridgehead atoms. The van der Waals surface area contributed by atoms with Crippen molar-refractivity contribution in [2.75, 3.05) is 18.6 Å². The van der Waals surface area contributed by atoms with Crippen LogP contribution in [0, 0.1) is 0 Å². The normalized spacial score (nSPS) is 19.1. The predicted octanol–water partition coefficient (Wildman–Crippen LogP) is 8.06. The minimum atomic E-state index is -0.697. The Labute approximate surface area is 329 Å². The number of anilines is 1. The topological polar surface area (TPSA) is 158 Å². The number of carbonyl (C=O) groups excluding carboxylic acids is 3. The van der Waals surface area contributed by atoms with E-state index < -0.39 is 17.7 Å². The molecule has 0 saturated carbocycles. The summed E-state index contributed by atoms with van der Waals surface area (Å²) >= 11 is 0. The van der Waals surface area contributed by atoms with Gasteiger partial charge < -0.3 is 24.8 Å². The van der Waals surface area contributed by atoms with E-state index in [1.165, 1.54) is 7.11 Å². The van der Waals surface area contributed by atoms with Crippen LogP contribution in [-0.4, -0.2) is 73.2 Å². The largest absolute Gasteiger partial charge is 0.453 e. The second kappa shape index (κ2) is 14.2. The van der Waals surface area contributed by atoms with E-state index in [0.29, 0.717) is 31.6 Å². The molecule has 6 aromatic rings. The van der Waals surface area contributed by atoms with Gasteiger partial charge in [-0.15, -0.1) is 0 Å². The fourth-order valence-electron chi connectivity index (χ4n) is 8.35. The maximum absolute atomic E-state index is 13.9. The van der Waals surface area contributed by atoms with Crippen LogP contribution in [0.4, 0.5) is 15.3 Å². The van der Waals surface area contributed by atoms with Crippen molar-refractivity contribution in [2.45, 2.75) is 76.6 Å². The fraction of sp³-hybridized carbons (Fsp3) is 0.318. The SMILES string of the molecule is COC(=O)N[C@H]1CCc2cccc3c2N(C1=O)[C@H](c1ncc(-c2ccc(-c4ccc5cc(-c6cnc([C@@H]7CCCN7C(=O)OC(C)(C)C)[nH]6)ccc5n4)cc2)[nH]1)C3. The highest BCUT2D eigenvalue weighted by Gasteiger charge is 2.43. The molecule has 6 heterocycles. The van der Waals surface area contributed by atoms with E-state index in [1.807, 2.05) is 80.4 Å². The molecule has 3 aliphatic heterocycles. The van der Waals surface area contributed by atoms with Crippen LogP contribution in [-0.2, 0) is 27.1 Å². The van der Waals surface area contributed by atoms with Crippen molar-refractivity contribution in [3.05, 3.63) is 108 Å². The number of carbonyl (C=O) groups is 3. The summed E-state index contributed by atoms with van der Waals surface area (Å²) < 4.78 is 10.5. The van der Waals surface area contributed by atoms with E-state index in [4.69, 9.17) is 19.4 Å². The number of alkyl carbamates (subject to hydrolysis) is 1. The van der Waals surface area contributed by atoms with E-state index in [-0.39, 0.29) is 24.1 Å². The quantitative estimate of drug-likeness (QED) is 0.154. The van der Waals surface area contributed by atoms with Gasteiger partial charge in [-0.05, 0) is 81.3 Å². The number of nitrogens with one attached hydrogen (secondary N) is 3. The molecule has 57 heavy (non-hydrogen) atoms. The van der Waals surface area contributed by atoms with Crippen LogP contribution < -0.4 is 10.2 Å². The summed E-state index contributed by atoms with van der Waals surface area (Å²) in [6.45, 7) is 6.28. The van der Waals surface area contributed by atoms with Gasteiger partial charge in [-0.3, -0.25) is 14.6 Å². The molecule has 13 heteroatoms. The number of aromatic amines is 2. The van der Waals surface area contributed by atoms with Gasteiger partial charge in [0.15, 0.2) is 0 Å². The second-order valence-corrected chi connectivity index (χ2v) is 16.0. The number of pyridine rings is 1. The van der Waals surface area contributed by atoms with Crippen LogP contribution in [0.3, 0.4) is 0 Å². The zero-order chi connectivity index (χ0) is 39.4. The van der Waals surface area contributed by atoms with Gasteiger partial charge in [0.2, 0.25) is 5.91 Å². The maximum atomic E-state index is 13.9. The average Bonchev–Trinajstić information content (AvgIpc) is 4.03. The van der Waals surface area contributed by atoms with Gasteiger partial charge in [-0.25, -0.2) is 24.5 Å². The fourth-order valence-corrected chi connectivity index (χ4v) is 8.35. The molecule has 13 nitrogen and oxygen atoms in total. The Morgan fingerprint density at radius 2 is 1.54 bits per heavy atom. The predicted molar refractivity (Wildman–Crippen MR) is 215 cm³/mol. The molecule has 0 radical (unpaired) electrons. The van der Waals surface area contributed by atoms with Crippen molar-refractivity contribution < 1.29 is 23.9 Å². The van der Waals surface area contributed by atoms with Gasteiger partial charge in [0.1, 0.15) is 23.3 Å². The molecule has 3 aromatic carbocycles. The van der Waals surface area contributed by atoms with E-state index >= 15 is 0 Å². The molecular formula is C44H44N8O5. The van der Waals surface area contributed by atoms with E-state index in [0.717, 1.165) is 80.2 Å². The Bertz CT molecular complexity index is 2520. The number of aryl methyl sites for hydroxylation is 1. The number of para-hydroxylation sites is 1. The highest BCUT2D eigenvalue weighted by molar-refractivity contribution is 6.02.